The Morgan fingerprint density at radius 3 is 2.56 bits per heavy atom. The maximum Gasteiger partial charge on any atom is 0.141 e. The minimum atomic E-state index is 0.589. The van der Waals surface area contributed by atoms with Crippen LogP contribution in [0.5, 0.6) is 0 Å². The topological polar surface area (TPSA) is 54.7 Å². The van der Waals surface area contributed by atoms with Gasteiger partial charge in [0.1, 0.15) is 11.6 Å². The van der Waals surface area contributed by atoms with Crippen LogP contribution in [-0.4, -0.2) is 15.1 Å². The lowest BCUT2D eigenvalue weighted by Crippen LogP contribution is -1.91. The third-order valence-corrected chi connectivity index (χ3v) is 5.79. The van der Waals surface area contributed by atoms with Crippen LogP contribution in [0.25, 0.3) is 33.3 Å². The van der Waals surface area contributed by atoms with E-state index < -0.39 is 0 Å². The van der Waals surface area contributed by atoms with Gasteiger partial charge in [-0.25, -0.2) is 4.98 Å². The summed E-state index contributed by atoms with van der Waals surface area (Å²) in [5, 5.41) is 4.15. The molecule has 27 heavy (non-hydrogen) atoms. The fourth-order valence-electron chi connectivity index (χ4n) is 3.98. The van der Waals surface area contributed by atoms with Crippen molar-refractivity contribution in [2.24, 2.45) is 0 Å². The molecule has 0 unspecified atom stereocenters. The fourth-order valence-corrected chi connectivity index (χ4v) is 3.98. The summed E-state index contributed by atoms with van der Waals surface area (Å²) in [6, 6.07) is 10.9. The van der Waals surface area contributed by atoms with Gasteiger partial charge in [0.2, 0.25) is 0 Å². The Morgan fingerprint density at radius 1 is 1.04 bits per heavy atom. The molecule has 4 aromatic rings. The SMILES string of the molecule is Cc1cccc(-c2cc(-c3c(C)noc3C)cc3nc(C4CC4)[nH]c23)c1C. The maximum atomic E-state index is 5.43. The number of nitrogens with one attached hydrogen (secondary N) is 1. The summed E-state index contributed by atoms with van der Waals surface area (Å²) in [5.41, 5.74) is 10.3. The van der Waals surface area contributed by atoms with E-state index in [0.717, 1.165) is 39.4 Å². The molecule has 4 heteroatoms. The van der Waals surface area contributed by atoms with Crippen molar-refractivity contribution in [2.75, 3.05) is 0 Å². The van der Waals surface area contributed by atoms with Crippen molar-refractivity contribution >= 4 is 11.0 Å². The van der Waals surface area contributed by atoms with Crippen LogP contribution in [0.3, 0.4) is 0 Å². The van der Waals surface area contributed by atoms with Crippen LogP contribution in [0.2, 0.25) is 0 Å². The Labute approximate surface area is 158 Å². The zero-order valence-corrected chi connectivity index (χ0v) is 16.2. The molecule has 136 valence electrons. The lowest BCUT2D eigenvalue weighted by atomic mass is 9.93. The highest BCUT2D eigenvalue weighted by molar-refractivity contribution is 5.97. The molecule has 1 aliphatic rings. The van der Waals surface area contributed by atoms with E-state index in [4.69, 9.17) is 9.51 Å². The van der Waals surface area contributed by atoms with E-state index in [9.17, 15) is 0 Å². The first-order valence-electron chi connectivity index (χ1n) is 9.56. The second-order valence-electron chi connectivity index (χ2n) is 7.76. The van der Waals surface area contributed by atoms with Gasteiger partial charge in [-0.2, -0.15) is 0 Å². The first-order chi connectivity index (χ1) is 13.0. The van der Waals surface area contributed by atoms with E-state index >= 15 is 0 Å². The number of nitrogens with zero attached hydrogens (tertiary/aromatic N) is 2. The number of benzene rings is 2. The molecule has 0 atom stereocenters. The minimum Gasteiger partial charge on any atom is -0.361 e. The van der Waals surface area contributed by atoms with Gasteiger partial charge in [0.15, 0.2) is 0 Å². The molecule has 1 saturated carbocycles. The van der Waals surface area contributed by atoms with Crippen molar-refractivity contribution in [2.45, 2.75) is 46.5 Å². The monoisotopic (exact) mass is 357 g/mol. The lowest BCUT2D eigenvalue weighted by molar-refractivity contribution is 0.393. The Morgan fingerprint density at radius 2 is 1.85 bits per heavy atom. The number of aromatic nitrogens is 3. The normalized spacial score (nSPS) is 14.2. The van der Waals surface area contributed by atoms with Gasteiger partial charge >= 0.3 is 0 Å². The van der Waals surface area contributed by atoms with Crippen molar-refractivity contribution in [3.63, 3.8) is 0 Å². The number of H-pyrrole nitrogens is 1. The number of imidazole rings is 1. The Hall–Kier alpha value is -2.88. The summed E-state index contributed by atoms with van der Waals surface area (Å²) in [7, 11) is 0. The van der Waals surface area contributed by atoms with Gasteiger partial charge in [0, 0.05) is 17.0 Å². The van der Waals surface area contributed by atoms with Gasteiger partial charge in [0.05, 0.1) is 16.7 Å². The van der Waals surface area contributed by atoms with Crippen LogP contribution >= 0.6 is 0 Å². The minimum absolute atomic E-state index is 0.589. The van der Waals surface area contributed by atoms with Crippen molar-refractivity contribution in [3.8, 4) is 22.3 Å². The lowest BCUT2D eigenvalue weighted by Gasteiger charge is -2.12. The first-order valence-corrected chi connectivity index (χ1v) is 9.56. The molecule has 0 radical (unpaired) electrons. The molecule has 0 bridgehead atoms. The average Bonchev–Trinajstić information content (AvgIpc) is 3.32. The molecule has 5 rings (SSSR count). The molecule has 4 nitrogen and oxygen atoms in total. The predicted octanol–water partition coefficient (Wildman–Crippen LogP) is 6.00. The molecular formula is C23H23N3O. The summed E-state index contributed by atoms with van der Waals surface area (Å²) >= 11 is 0. The van der Waals surface area contributed by atoms with Crippen LogP contribution in [0, 0.1) is 27.7 Å². The number of fused-ring (bicyclic) bond motifs is 1. The summed E-state index contributed by atoms with van der Waals surface area (Å²) in [6.07, 6.45) is 2.46. The molecule has 0 saturated heterocycles. The molecule has 0 aliphatic heterocycles. The van der Waals surface area contributed by atoms with Crippen molar-refractivity contribution in [1.82, 2.24) is 15.1 Å². The third-order valence-electron chi connectivity index (χ3n) is 5.79. The molecular weight excluding hydrogens is 334 g/mol. The van der Waals surface area contributed by atoms with Gasteiger partial charge in [-0.3, -0.25) is 0 Å². The van der Waals surface area contributed by atoms with Gasteiger partial charge < -0.3 is 9.51 Å². The summed E-state index contributed by atoms with van der Waals surface area (Å²) in [4.78, 5) is 8.56. The zero-order chi connectivity index (χ0) is 18.7. The quantitative estimate of drug-likeness (QED) is 0.489. The van der Waals surface area contributed by atoms with Gasteiger partial charge in [-0.15, -0.1) is 0 Å². The summed E-state index contributed by atoms with van der Waals surface area (Å²) in [6.45, 7) is 8.32. The standard InChI is InChI=1S/C23H23N3O/c1-12-6-5-7-18(13(12)2)19-10-17(21-14(3)26-27-15(21)4)11-20-22(19)25-23(24-20)16-8-9-16/h5-7,10-11,16H,8-9H2,1-4H3,(H,24,25). The van der Waals surface area contributed by atoms with E-state index in [2.05, 4.69) is 54.3 Å². The molecule has 0 amide bonds. The van der Waals surface area contributed by atoms with Gasteiger partial charge in [0.25, 0.3) is 0 Å². The number of aryl methyl sites for hydroxylation is 3. The summed E-state index contributed by atoms with van der Waals surface area (Å²) in [5.74, 6) is 2.55. The number of hydrogen-bond donors (Lipinski definition) is 1. The maximum absolute atomic E-state index is 5.43. The number of aromatic amines is 1. The molecule has 2 aromatic carbocycles. The molecule has 2 heterocycles. The zero-order valence-electron chi connectivity index (χ0n) is 16.2. The van der Waals surface area contributed by atoms with Gasteiger partial charge in [-0.1, -0.05) is 23.4 Å². The van der Waals surface area contributed by atoms with Crippen LogP contribution in [-0.2, 0) is 0 Å². The van der Waals surface area contributed by atoms with E-state index in [1.165, 1.54) is 35.1 Å². The number of rotatable bonds is 3. The van der Waals surface area contributed by atoms with E-state index in [1.807, 2.05) is 13.8 Å². The average molecular weight is 357 g/mol. The van der Waals surface area contributed by atoms with Crippen molar-refractivity contribution in [3.05, 3.63) is 58.7 Å². The first kappa shape index (κ1) is 16.3. The second kappa shape index (κ2) is 5.81. The molecule has 1 fully saturated rings. The largest absolute Gasteiger partial charge is 0.361 e. The Balaban J connectivity index is 1.83. The molecule has 2 aromatic heterocycles. The highest BCUT2D eigenvalue weighted by Gasteiger charge is 2.28. The Bertz CT molecular complexity index is 1160. The highest BCUT2D eigenvalue weighted by atomic mass is 16.5. The van der Waals surface area contributed by atoms with Crippen LogP contribution < -0.4 is 0 Å². The highest BCUT2D eigenvalue weighted by Crippen LogP contribution is 2.42. The fraction of sp³-hybridized carbons (Fsp3) is 0.304. The van der Waals surface area contributed by atoms with Crippen LogP contribution in [0.1, 0.15) is 47.2 Å². The smallest absolute Gasteiger partial charge is 0.141 e. The second-order valence-corrected chi connectivity index (χ2v) is 7.76. The molecule has 1 aliphatic carbocycles. The van der Waals surface area contributed by atoms with Crippen molar-refractivity contribution < 1.29 is 4.52 Å². The summed E-state index contributed by atoms with van der Waals surface area (Å²) < 4.78 is 5.43. The number of hydrogen-bond acceptors (Lipinski definition) is 3. The van der Waals surface area contributed by atoms with Crippen LogP contribution in [0.4, 0.5) is 0 Å². The Kier molecular flexibility index (Phi) is 3.51. The molecule has 1 N–H and O–H groups in total. The predicted molar refractivity (Wildman–Crippen MR) is 108 cm³/mol. The van der Waals surface area contributed by atoms with Crippen LogP contribution in [0.15, 0.2) is 34.9 Å². The van der Waals surface area contributed by atoms with E-state index in [0.29, 0.717) is 5.92 Å². The molecule has 0 spiro atoms. The van der Waals surface area contributed by atoms with E-state index in [-0.39, 0.29) is 0 Å². The van der Waals surface area contributed by atoms with E-state index in [1.54, 1.807) is 0 Å². The van der Waals surface area contributed by atoms with Crippen molar-refractivity contribution in [1.29, 1.82) is 0 Å². The third kappa shape index (κ3) is 2.59. The van der Waals surface area contributed by atoms with Gasteiger partial charge in [-0.05, 0) is 74.9 Å².